The van der Waals surface area contributed by atoms with Gasteiger partial charge >= 0.3 is 12.0 Å². The highest BCUT2D eigenvalue weighted by Crippen LogP contribution is 2.17. The van der Waals surface area contributed by atoms with Gasteiger partial charge in [0.15, 0.2) is 0 Å². The molecule has 1 aromatic heterocycles. The largest absolute Gasteiger partial charge is 0.468 e. The fourth-order valence-electron chi connectivity index (χ4n) is 1.42. The first-order valence-electron chi connectivity index (χ1n) is 5.06. The number of thiophene rings is 1. The summed E-state index contributed by atoms with van der Waals surface area (Å²) in [5.41, 5.74) is 0.159. The zero-order chi connectivity index (χ0) is 13.1. The van der Waals surface area contributed by atoms with Crippen LogP contribution in [-0.4, -0.2) is 36.5 Å². The normalized spacial score (nSPS) is 17.2. The number of rotatable bonds is 3. The maximum atomic E-state index is 11.9. The number of urea groups is 1. The Morgan fingerprint density at radius 1 is 1.56 bits per heavy atom. The first kappa shape index (κ1) is 12.3. The van der Waals surface area contributed by atoms with E-state index >= 15 is 0 Å². The zero-order valence-corrected chi connectivity index (χ0v) is 10.3. The van der Waals surface area contributed by atoms with Crippen molar-refractivity contribution in [3.8, 4) is 0 Å². The summed E-state index contributed by atoms with van der Waals surface area (Å²) in [4.78, 5) is 36.1. The van der Waals surface area contributed by atoms with E-state index in [1.54, 1.807) is 6.08 Å². The van der Waals surface area contributed by atoms with Crippen LogP contribution in [0.15, 0.2) is 23.2 Å². The summed E-state index contributed by atoms with van der Waals surface area (Å²) < 4.78 is 4.42. The minimum absolute atomic E-state index is 0.159. The maximum Gasteiger partial charge on any atom is 0.329 e. The number of hydrogen-bond donors (Lipinski definition) is 1. The van der Waals surface area contributed by atoms with Crippen molar-refractivity contribution in [2.24, 2.45) is 0 Å². The Kier molecular flexibility index (Phi) is 3.42. The Balaban J connectivity index is 2.16. The fraction of sp³-hybridized carbons (Fsp3) is 0.182. The molecule has 0 aliphatic carbocycles. The zero-order valence-electron chi connectivity index (χ0n) is 9.50. The number of carbonyl (C=O) groups is 3. The molecular formula is C11H10N2O4S. The topological polar surface area (TPSA) is 75.7 Å². The van der Waals surface area contributed by atoms with Crippen LogP contribution in [0, 0.1) is 0 Å². The van der Waals surface area contributed by atoms with Crippen molar-refractivity contribution >= 4 is 35.3 Å². The van der Waals surface area contributed by atoms with Crippen LogP contribution in [0.25, 0.3) is 6.08 Å². The lowest BCUT2D eigenvalue weighted by molar-refractivity contribution is -0.143. The van der Waals surface area contributed by atoms with E-state index in [-0.39, 0.29) is 12.2 Å². The second-order valence-electron chi connectivity index (χ2n) is 3.47. The lowest BCUT2D eigenvalue weighted by atomic mass is 10.3. The van der Waals surface area contributed by atoms with Gasteiger partial charge in [0, 0.05) is 4.88 Å². The molecule has 0 saturated carbocycles. The SMILES string of the molecule is COC(=O)CN1C(=O)N/C(=C/c2cccs2)C1=O. The van der Waals surface area contributed by atoms with Gasteiger partial charge in [0.25, 0.3) is 5.91 Å². The van der Waals surface area contributed by atoms with Crippen molar-refractivity contribution in [1.82, 2.24) is 10.2 Å². The quantitative estimate of drug-likeness (QED) is 0.499. The van der Waals surface area contributed by atoms with Gasteiger partial charge in [-0.15, -0.1) is 11.3 Å². The van der Waals surface area contributed by atoms with Crippen molar-refractivity contribution in [2.75, 3.05) is 13.7 Å². The lowest BCUT2D eigenvalue weighted by Gasteiger charge is -2.08. The molecule has 1 aliphatic heterocycles. The van der Waals surface area contributed by atoms with Crippen LogP contribution in [0.1, 0.15) is 4.88 Å². The lowest BCUT2D eigenvalue weighted by Crippen LogP contribution is -2.36. The standard InChI is InChI=1S/C11H10N2O4S/c1-17-9(14)6-13-10(15)8(12-11(13)16)5-7-3-2-4-18-7/h2-5H,6H2,1H3,(H,12,16)/b8-5+. The maximum absolute atomic E-state index is 11.9. The molecule has 0 aromatic carbocycles. The van der Waals surface area contributed by atoms with Gasteiger partial charge in [-0.1, -0.05) is 6.07 Å². The van der Waals surface area contributed by atoms with Crippen molar-refractivity contribution < 1.29 is 19.1 Å². The number of nitrogens with one attached hydrogen (secondary N) is 1. The van der Waals surface area contributed by atoms with E-state index in [1.807, 2.05) is 17.5 Å². The number of imide groups is 1. The molecule has 2 rings (SSSR count). The van der Waals surface area contributed by atoms with Gasteiger partial charge in [-0.05, 0) is 17.5 Å². The predicted molar refractivity (Wildman–Crippen MR) is 64.6 cm³/mol. The van der Waals surface area contributed by atoms with E-state index in [0.29, 0.717) is 0 Å². The Labute approximate surface area is 107 Å². The highest BCUT2D eigenvalue weighted by Gasteiger charge is 2.35. The Bertz CT molecular complexity index is 521. The number of hydrogen-bond acceptors (Lipinski definition) is 5. The number of amides is 3. The molecule has 1 saturated heterocycles. The van der Waals surface area contributed by atoms with Crippen molar-refractivity contribution in [2.45, 2.75) is 0 Å². The molecule has 1 N–H and O–H groups in total. The molecule has 0 radical (unpaired) electrons. The third-order valence-electron chi connectivity index (χ3n) is 2.31. The first-order chi connectivity index (χ1) is 8.61. The molecule has 0 unspecified atom stereocenters. The van der Waals surface area contributed by atoms with Crippen LogP contribution in [-0.2, 0) is 14.3 Å². The second-order valence-corrected chi connectivity index (χ2v) is 4.45. The molecule has 6 nitrogen and oxygen atoms in total. The van der Waals surface area contributed by atoms with E-state index in [0.717, 1.165) is 9.78 Å². The van der Waals surface area contributed by atoms with E-state index in [9.17, 15) is 14.4 Å². The Hall–Kier alpha value is -2.15. The van der Waals surface area contributed by atoms with Gasteiger partial charge in [-0.2, -0.15) is 0 Å². The average Bonchev–Trinajstić information content (AvgIpc) is 2.94. The summed E-state index contributed by atoms with van der Waals surface area (Å²) in [6.45, 7) is -0.386. The van der Waals surface area contributed by atoms with Gasteiger partial charge < -0.3 is 10.1 Å². The van der Waals surface area contributed by atoms with Gasteiger partial charge in [0.1, 0.15) is 12.2 Å². The Morgan fingerprint density at radius 2 is 2.33 bits per heavy atom. The molecule has 1 aliphatic rings. The number of carbonyl (C=O) groups excluding carboxylic acids is 3. The highest BCUT2D eigenvalue weighted by molar-refractivity contribution is 7.10. The summed E-state index contributed by atoms with van der Waals surface area (Å²) in [6.07, 6.45) is 1.57. The summed E-state index contributed by atoms with van der Waals surface area (Å²) in [6, 6.07) is 3.04. The third-order valence-corrected chi connectivity index (χ3v) is 3.13. The molecule has 94 valence electrons. The second kappa shape index (κ2) is 5.01. The third kappa shape index (κ3) is 2.40. The van der Waals surface area contributed by atoms with Crippen molar-refractivity contribution in [3.05, 3.63) is 28.1 Å². The van der Waals surface area contributed by atoms with Crippen molar-refractivity contribution in [3.63, 3.8) is 0 Å². The summed E-state index contributed by atoms with van der Waals surface area (Å²) in [5.74, 6) is -1.17. The molecule has 7 heteroatoms. The average molecular weight is 266 g/mol. The summed E-state index contributed by atoms with van der Waals surface area (Å²) >= 11 is 1.44. The molecule has 0 bridgehead atoms. The molecular weight excluding hydrogens is 256 g/mol. The van der Waals surface area contributed by atoms with Crippen LogP contribution in [0.5, 0.6) is 0 Å². The van der Waals surface area contributed by atoms with E-state index in [4.69, 9.17) is 0 Å². The highest BCUT2D eigenvalue weighted by atomic mass is 32.1. The van der Waals surface area contributed by atoms with Crippen LogP contribution in [0.4, 0.5) is 4.79 Å². The van der Waals surface area contributed by atoms with Crippen molar-refractivity contribution in [1.29, 1.82) is 0 Å². The summed E-state index contributed by atoms with van der Waals surface area (Å²) in [5, 5.41) is 4.28. The molecule has 2 heterocycles. The number of esters is 1. The summed E-state index contributed by atoms with van der Waals surface area (Å²) in [7, 11) is 1.20. The Morgan fingerprint density at radius 3 is 2.94 bits per heavy atom. The molecule has 3 amide bonds. The fourth-order valence-corrected chi connectivity index (χ4v) is 2.08. The van der Waals surface area contributed by atoms with E-state index < -0.39 is 17.9 Å². The minimum atomic E-state index is -0.643. The number of methoxy groups -OCH3 is 1. The van der Waals surface area contributed by atoms with E-state index in [2.05, 4.69) is 10.1 Å². The van der Waals surface area contributed by atoms with E-state index in [1.165, 1.54) is 18.4 Å². The predicted octanol–water partition coefficient (Wildman–Crippen LogP) is 0.814. The van der Waals surface area contributed by atoms with Gasteiger partial charge in [-0.3, -0.25) is 9.59 Å². The minimum Gasteiger partial charge on any atom is -0.468 e. The molecule has 0 atom stereocenters. The van der Waals surface area contributed by atoms with Gasteiger partial charge in [-0.25, -0.2) is 9.69 Å². The number of ether oxygens (including phenoxy) is 1. The van der Waals surface area contributed by atoms with Crippen LogP contribution in [0.2, 0.25) is 0 Å². The monoisotopic (exact) mass is 266 g/mol. The molecule has 18 heavy (non-hydrogen) atoms. The first-order valence-corrected chi connectivity index (χ1v) is 5.94. The van der Waals surface area contributed by atoms with Gasteiger partial charge in [0.2, 0.25) is 0 Å². The van der Waals surface area contributed by atoms with Crippen LogP contribution in [0.3, 0.4) is 0 Å². The smallest absolute Gasteiger partial charge is 0.329 e. The molecule has 0 spiro atoms. The van der Waals surface area contributed by atoms with Gasteiger partial charge in [0.05, 0.1) is 7.11 Å². The molecule has 1 aromatic rings. The molecule has 1 fully saturated rings. The van der Waals surface area contributed by atoms with Crippen LogP contribution >= 0.6 is 11.3 Å². The van der Waals surface area contributed by atoms with Crippen LogP contribution < -0.4 is 5.32 Å². The number of nitrogens with zero attached hydrogens (tertiary/aromatic N) is 1.